The molecule has 1 rings (SSSR count). The van der Waals surface area contributed by atoms with Gasteiger partial charge in [0.15, 0.2) is 0 Å². The number of rotatable bonds is 5. The summed E-state index contributed by atoms with van der Waals surface area (Å²) in [5.74, 6) is 0.902. The molecule has 1 heterocycles. The van der Waals surface area contributed by atoms with Crippen LogP contribution in [0.1, 0.15) is 19.7 Å². The van der Waals surface area contributed by atoms with Gasteiger partial charge >= 0.3 is 0 Å². The van der Waals surface area contributed by atoms with E-state index in [2.05, 4.69) is 4.98 Å². The topological polar surface area (TPSA) is 47.3 Å². The van der Waals surface area contributed by atoms with E-state index in [9.17, 15) is 0 Å². The number of aliphatic hydroxyl groups excluding tert-OH is 1. The summed E-state index contributed by atoms with van der Waals surface area (Å²) in [6, 6.07) is 0. The fourth-order valence-electron chi connectivity index (χ4n) is 1.000. The second-order valence-corrected chi connectivity index (χ2v) is 4.27. The van der Waals surface area contributed by atoms with E-state index in [1.807, 2.05) is 31.7 Å². The zero-order valence-electron chi connectivity index (χ0n) is 9.03. The Morgan fingerprint density at radius 2 is 2.29 bits per heavy atom. The van der Waals surface area contributed by atoms with E-state index in [-0.39, 0.29) is 12.0 Å². The van der Waals surface area contributed by atoms with Gasteiger partial charge in [0.05, 0.1) is 13.2 Å². The molecule has 0 saturated heterocycles. The lowest BCUT2D eigenvalue weighted by Crippen LogP contribution is -2.23. The second kappa shape index (κ2) is 4.57. The second-order valence-electron chi connectivity index (χ2n) is 4.27. The lowest BCUT2D eigenvalue weighted by atomic mass is 9.97. The van der Waals surface area contributed by atoms with E-state index < -0.39 is 0 Å². The Kier molecular flexibility index (Phi) is 3.66. The van der Waals surface area contributed by atoms with Gasteiger partial charge in [-0.1, -0.05) is 13.8 Å². The van der Waals surface area contributed by atoms with Crippen molar-refractivity contribution in [1.29, 1.82) is 0 Å². The van der Waals surface area contributed by atoms with Crippen LogP contribution in [0.25, 0.3) is 0 Å². The van der Waals surface area contributed by atoms with Gasteiger partial charge in [-0.25, -0.2) is 4.98 Å². The van der Waals surface area contributed by atoms with Crippen molar-refractivity contribution in [2.24, 2.45) is 12.5 Å². The van der Waals surface area contributed by atoms with Gasteiger partial charge in [0.1, 0.15) is 12.4 Å². The third kappa shape index (κ3) is 3.12. The van der Waals surface area contributed by atoms with Crippen molar-refractivity contribution >= 4 is 0 Å². The number of imidazole rings is 1. The molecule has 0 aliphatic carbocycles. The third-order valence-corrected chi connectivity index (χ3v) is 2.07. The Hall–Kier alpha value is -0.870. The normalized spacial score (nSPS) is 12.0. The van der Waals surface area contributed by atoms with Gasteiger partial charge in [-0.3, -0.25) is 0 Å². The van der Waals surface area contributed by atoms with E-state index in [1.165, 1.54) is 0 Å². The predicted octanol–water partition coefficient (Wildman–Crippen LogP) is 0.955. The molecule has 14 heavy (non-hydrogen) atoms. The molecule has 4 heteroatoms. The molecule has 0 bridgehead atoms. The minimum atomic E-state index is -0.175. The van der Waals surface area contributed by atoms with Gasteiger partial charge < -0.3 is 14.4 Å². The number of aliphatic hydroxyl groups is 1. The van der Waals surface area contributed by atoms with Crippen LogP contribution in [0.15, 0.2) is 12.4 Å². The van der Waals surface area contributed by atoms with Crippen molar-refractivity contribution in [2.75, 3.05) is 13.2 Å². The first kappa shape index (κ1) is 11.2. The lowest BCUT2D eigenvalue weighted by molar-refractivity contribution is 0.0166. The highest BCUT2D eigenvalue weighted by Crippen LogP contribution is 2.14. The molecule has 0 aliphatic heterocycles. The molecular weight excluding hydrogens is 180 g/mol. The van der Waals surface area contributed by atoms with Gasteiger partial charge in [-0.15, -0.1) is 0 Å². The average molecular weight is 198 g/mol. The molecule has 0 radical (unpaired) electrons. The fraction of sp³-hybridized carbons (Fsp3) is 0.700. The number of hydrogen-bond donors (Lipinski definition) is 1. The summed E-state index contributed by atoms with van der Waals surface area (Å²) in [7, 11) is 1.93. The van der Waals surface area contributed by atoms with Crippen LogP contribution in [0.5, 0.6) is 0 Å². The van der Waals surface area contributed by atoms with E-state index in [4.69, 9.17) is 9.84 Å². The maximum atomic E-state index is 9.00. The predicted molar refractivity (Wildman–Crippen MR) is 53.7 cm³/mol. The third-order valence-electron chi connectivity index (χ3n) is 2.07. The van der Waals surface area contributed by atoms with Crippen molar-refractivity contribution in [3.63, 3.8) is 0 Å². The summed E-state index contributed by atoms with van der Waals surface area (Å²) >= 11 is 0. The molecular formula is C10H18N2O2. The van der Waals surface area contributed by atoms with E-state index in [0.717, 1.165) is 5.82 Å². The van der Waals surface area contributed by atoms with Crippen LogP contribution >= 0.6 is 0 Å². The van der Waals surface area contributed by atoms with Gasteiger partial charge in [0.2, 0.25) is 0 Å². The molecule has 1 aromatic heterocycles. The van der Waals surface area contributed by atoms with Crippen molar-refractivity contribution in [2.45, 2.75) is 20.5 Å². The van der Waals surface area contributed by atoms with Gasteiger partial charge in [0.25, 0.3) is 0 Å². The zero-order chi connectivity index (χ0) is 10.6. The lowest BCUT2D eigenvalue weighted by Gasteiger charge is -2.20. The van der Waals surface area contributed by atoms with Crippen molar-refractivity contribution in [3.8, 4) is 0 Å². The van der Waals surface area contributed by atoms with E-state index in [1.54, 1.807) is 6.20 Å². The van der Waals surface area contributed by atoms with Crippen LogP contribution in [0.3, 0.4) is 0 Å². The fourth-order valence-corrected chi connectivity index (χ4v) is 1.000. The van der Waals surface area contributed by atoms with Crippen LogP contribution in [0.4, 0.5) is 0 Å². The Morgan fingerprint density at radius 3 is 2.79 bits per heavy atom. The number of aromatic nitrogens is 2. The van der Waals surface area contributed by atoms with E-state index in [0.29, 0.717) is 13.2 Å². The number of aryl methyl sites for hydroxylation is 1. The van der Waals surface area contributed by atoms with Crippen LogP contribution in [-0.2, 0) is 18.4 Å². The summed E-state index contributed by atoms with van der Waals surface area (Å²) in [4.78, 5) is 4.14. The quantitative estimate of drug-likeness (QED) is 0.766. The van der Waals surface area contributed by atoms with E-state index >= 15 is 0 Å². The smallest absolute Gasteiger partial charge is 0.134 e. The molecule has 0 aromatic carbocycles. The monoisotopic (exact) mass is 198 g/mol. The molecule has 4 nitrogen and oxygen atoms in total. The molecule has 1 N–H and O–H groups in total. The van der Waals surface area contributed by atoms with Crippen molar-refractivity contribution in [1.82, 2.24) is 9.55 Å². The summed E-state index contributed by atoms with van der Waals surface area (Å²) in [5.41, 5.74) is -0.175. The highest BCUT2D eigenvalue weighted by atomic mass is 16.5. The number of ether oxygens (including phenoxy) is 1. The molecule has 0 amide bonds. The first-order valence-corrected chi connectivity index (χ1v) is 4.70. The molecule has 0 saturated carbocycles. The standard InChI is InChI=1S/C10H18N2O2/c1-10(2,7-13)8-14-6-9-11-4-5-12(9)3/h4-5,13H,6-8H2,1-3H3. The summed E-state index contributed by atoms with van der Waals surface area (Å²) in [6.07, 6.45) is 3.63. The summed E-state index contributed by atoms with van der Waals surface area (Å²) in [5, 5.41) is 9.00. The van der Waals surface area contributed by atoms with Crippen LogP contribution < -0.4 is 0 Å². The number of hydrogen-bond acceptors (Lipinski definition) is 3. The average Bonchev–Trinajstić information content (AvgIpc) is 2.52. The summed E-state index contributed by atoms with van der Waals surface area (Å²) < 4.78 is 7.39. The van der Waals surface area contributed by atoms with Crippen LogP contribution in [-0.4, -0.2) is 27.9 Å². The Morgan fingerprint density at radius 1 is 1.57 bits per heavy atom. The first-order valence-electron chi connectivity index (χ1n) is 4.70. The van der Waals surface area contributed by atoms with Gasteiger partial charge in [0, 0.05) is 24.9 Å². The largest absolute Gasteiger partial charge is 0.396 e. The maximum Gasteiger partial charge on any atom is 0.134 e. The minimum Gasteiger partial charge on any atom is -0.396 e. The molecule has 0 atom stereocenters. The minimum absolute atomic E-state index is 0.133. The van der Waals surface area contributed by atoms with Gasteiger partial charge in [-0.05, 0) is 0 Å². The molecule has 1 aromatic rings. The first-order chi connectivity index (χ1) is 6.55. The van der Waals surface area contributed by atoms with Crippen molar-refractivity contribution in [3.05, 3.63) is 18.2 Å². The Bertz CT molecular complexity index is 281. The molecule has 0 unspecified atom stereocenters. The Labute approximate surface area is 84.5 Å². The molecule has 0 spiro atoms. The maximum absolute atomic E-state index is 9.00. The SMILES string of the molecule is Cn1ccnc1COCC(C)(C)CO. The number of nitrogens with zero attached hydrogens (tertiary/aromatic N) is 2. The molecule has 0 fully saturated rings. The van der Waals surface area contributed by atoms with Crippen LogP contribution in [0.2, 0.25) is 0 Å². The van der Waals surface area contributed by atoms with Crippen molar-refractivity contribution < 1.29 is 9.84 Å². The van der Waals surface area contributed by atoms with Crippen LogP contribution in [0, 0.1) is 5.41 Å². The highest BCUT2D eigenvalue weighted by Gasteiger charge is 2.16. The highest BCUT2D eigenvalue weighted by molar-refractivity contribution is 4.88. The molecule has 0 aliphatic rings. The zero-order valence-corrected chi connectivity index (χ0v) is 9.03. The molecule has 80 valence electrons. The van der Waals surface area contributed by atoms with Gasteiger partial charge in [-0.2, -0.15) is 0 Å². The summed E-state index contributed by atoms with van der Waals surface area (Å²) in [6.45, 7) is 5.09. The Balaban J connectivity index is 2.32.